The Morgan fingerprint density at radius 1 is 1.05 bits per heavy atom. The lowest BCUT2D eigenvalue weighted by atomic mass is 10.2. The fourth-order valence-electron chi connectivity index (χ4n) is 1.58. The highest BCUT2D eigenvalue weighted by atomic mass is 79.9. The molecule has 0 atom stereocenters. The Hall–Kier alpha value is -2.06. The Balaban J connectivity index is 1.86. The quantitative estimate of drug-likeness (QED) is 0.778. The van der Waals surface area contributed by atoms with Crippen molar-refractivity contribution >= 4 is 15.9 Å². The Bertz CT molecular complexity index is 640. The fraction of sp³-hybridized carbons (Fsp3) is 0.133. The third-order valence-electron chi connectivity index (χ3n) is 2.50. The summed E-state index contributed by atoms with van der Waals surface area (Å²) in [5.41, 5.74) is 0.460. The third-order valence-corrected chi connectivity index (χ3v) is 2.99. The number of para-hydroxylation sites is 1. The van der Waals surface area contributed by atoms with Crippen molar-refractivity contribution in [1.82, 2.24) is 0 Å². The van der Waals surface area contributed by atoms with Crippen LogP contribution in [0.5, 0.6) is 11.5 Å². The molecule has 0 spiro atoms. The highest BCUT2D eigenvalue weighted by molar-refractivity contribution is 9.10. The van der Waals surface area contributed by atoms with Crippen molar-refractivity contribution in [2.45, 2.75) is 0 Å². The van der Waals surface area contributed by atoms with Crippen molar-refractivity contribution in [3.05, 3.63) is 58.3 Å². The molecule has 2 aromatic carbocycles. The Kier molecular flexibility index (Phi) is 4.97. The van der Waals surface area contributed by atoms with E-state index < -0.39 is 5.82 Å². The number of ether oxygens (including phenoxy) is 2. The first-order chi connectivity index (χ1) is 9.70. The highest BCUT2D eigenvalue weighted by Crippen LogP contribution is 2.21. The minimum Gasteiger partial charge on any atom is -0.489 e. The minimum absolute atomic E-state index is 0.172. The van der Waals surface area contributed by atoms with Crippen LogP contribution < -0.4 is 9.47 Å². The number of nitriles is 1. The van der Waals surface area contributed by atoms with Gasteiger partial charge in [-0.1, -0.05) is 28.1 Å². The zero-order valence-electron chi connectivity index (χ0n) is 10.5. The van der Waals surface area contributed by atoms with E-state index in [-0.39, 0.29) is 19.0 Å². The SMILES string of the molecule is N#Cc1ccccc1OCCOc1ccc(Br)cc1F. The van der Waals surface area contributed by atoms with Crippen LogP contribution in [0.3, 0.4) is 0 Å². The van der Waals surface area contributed by atoms with E-state index in [0.717, 1.165) is 0 Å². The number of rotatable bonds is 5. The summed E-state index contributed by atoms with van der Waals surface area (Å²) < 4.78 is 24.9. The molecule has 2 aromatic rings. The van der Waals surface area contributed by atoms with Gasteiger partial charge in [-0.2, -0.15) is 5.26 Å². The van der Waals surface area contributed by atoms with E-state index in [1.165, 1.54) is 6.07 Å². The second kappa shape index (κ2) is 6.92. The molecule has 0 aliphatic heterocycles. The van der Waals surface area contributed by atoms with Crippen LogP contribution in [0, 0.1) is 17.1 Å². The number of hydrogen-bond donors (Lipinski definition) is 0. The molecule has 0 aliphatic rings. The van der Waals surface area contributed by atoms with Crippen LogP contribution in [0.15, 0.2) is 46.9 Å². The molecule has 0 bridgehead atoms. The largest absolute Gasteiger partial charge is 0.489 e. The van der Waals surface area contributed by atoms with Crippen molar-refractivity contribution in [2.24, 2.45) is 0 Å². The van der Waals surface area contributed by atoms with Gasteiger partial charge in [-0.05, 0) is 30.3 Å². The summed E-state index contributed by atoms with van der Waals surface area (Å²) in [7, 11) is 0. The number of nitrogens with zero attached hydrogens (tertiary/aromatic N) is 1. The van der Waals surface area contributed by atoms with Gasteiger partial charge in [-0.25, -0.2) is 4.39 Å². The summed E-state index contributed by atoms with van der Waals surface area (Å²) in [6.45, 7) is 0.423. The van der Waals surface area contributed by atoms with Gasteiger partial charge in [0.05, 0.1) is 5.56 Å². The molecule has 0 unspecified atom stereocenters. The molecule has 0 fully saturated rings. The molecule has 0 saturated heterocycles. The second-order valence-corrected chi connectivity index (χ2v) is 4.80. The number of halogens is 2. The van der Waals surface area contributed by atoms with Crippen molar-refractivity contribution in [3.63, 3.8) is 0 Å². The molecule has 2 rings (SSSR count). The molecule has 0 N–H and O–H groups in total. The Morgan fingerprint density at radius 3 is 2.45 bits per heavy atom. The lowest BCUT2D eigenvalue weighted by Gasteiger charge is -2.10. The molecule has 20 heavy (non-hydrogen) atoms. The summed E-state index contributed by atoms with van der Waals surface area (Å²) >= 11 is 3.17. The van der Waals surface area contributed by atoms with Gasteiger partial charge in [0.25, 0.3) is 0 Å². The van der Waals surface area contributed by atoms with Crippen molar-refractivity contribution in [1.29, 1.82) is 5.26 Å². The number of benzene rings is 2. The molecule has 0 heterocycles. The topological polar surface area (TPSA) is 42.2 Å². The lowest BCUT2D eigenvalue weighted by Crippen LogP contribution is -2.10. The highest BCUT2D eigenvalue weighted by Gasteiger charge is 2.05. The predicted molar refractivity (Wildman–Crippen MR) is 76.2 cm³/mol. The normalized spacial score (nSPS) is 9.85. The molecule has 0 aromatic heterocycles. The first kappa shape index (κ1) is 14.4. The summed E-state index contributed by atoms with van der Waals surface area (Å²) in [6, 6.07) is 13.5. The first-order valence-corrected chi connectivity index (χ1v) is 6.70. The van der Waals surface area contributed by atoms with E-state index in [1.54, 1.807) is 36.4 Å². The molecule has 0 aliphatic carbocycles. The predicted octanol–water partition coefficient (Wildman–Crippen LogP) is 3.92. The van der Waals surface area contributed by atoms with E-state index in [4.69, 9.17) is 14.7 Å². The molecule has 5 heteroatoms. The van der Waals surface area contributed by atoms with Crippen molar-refractivity contribution in [2.75, 3.05) is 13.2 Å². The van der Waals surface area contributed by atoms with Gasteiger partial charge in [0.1, 0.15) is 25.0 Å². The van der Waals surface area contributed by atoms with Gasteiger partial charge in [0.2, 0.25) is 0 Å². The van der Waals surface area contributed by atoms with Crippen LogP contribution >= 0.6 is 15.9 Å². The van der Waals surface area contributed by atoms with E-state index in [9.17, 15) is 4.39 Å². The Morgan fingerprint density at radius 2 is 1.75 bits per heavy atom. The van der Waals surface area contributed by atoms with Gasteiger partial charge in [-0.15, -0.1) is 0 Å². The maximum Gasteiger partial charge on any atom is 0.166 e. The molecule has 0 radical (unpaired) electrons. The van der Waals surface area contributed by atoms with Crippen LogP contribution in [0.2, 0.25) is 0 Å². The summed E-state index contributed by atoms with van der Waals surface area (Å²) in [5.74, 6) is 0.233. The second-order valence-electron chi connectivity index (χ2n) is 3.88. The summed E-state index contributed by atoms with van der Waals surface area (Å²) in [5, 5.41) is 8.90. The average molecular weight is 336 g/mol. The van der Waals surface area contributed by atoms with E-state index in [0.29, 0.717) is 15.8 Å². The molecular formula is C15H11BrFNO2. The van der Waals surface area contributed by atoms with Gasteiger partial charge in [-0.3, -0.25) is 0 Å². The average Bonchev–Trinajstić information content (AvgIpc) is 2.46. The van der Waals surface area contributed by atoms with E-state index in [1.807, 2.05) is 6.07 Å². The zero-order chi connectivity index (χ0) is 14.4. The van der Waals surface area contributed by atoms with Crippen LogP contribution in [-0.4, -0.2) is 13.2 Å². The van der Waals surface area contributed by atoms with Crippen LogP contribution in [-0.2, 0) is 0 Å². The van der Waals surface area contributed by atoms with Crippen molar-refractivity contribution in [3.8, 4) is 17.6 Å². The Labute approximate surface area is 124 Å². The third kappa shape index (κ3) is 3.72. The molecule has 0 saturated carbocycles. The van der Waals surface area contributed by atoms with Crippen molar-refractivity contribution < 1.29 is 13.9 Å². The maximum atomic E-state index is 13.5. The molecular weight excluding hydrogens is 325 g/mol. The van der Waals surface area contributed by atoms with Gasteiger partial charge < -0.3 is 9.47 Å². The summed E-state index contributed by atoms with van der Waals surface area (Å²) in [4.78, 5) is 0. The summed E-state index contributed by atoms with van der Waals surface area (Å²) in [6.07, 6.45) is 0. The maximum absolute atomic E-state index is 13.5. The van der Waals surface area contributed by atoms with Crippen LogP contribution in [0.1, 0.15) is 5.56 Å². The standard InChI is InChI=1S/C15H11BrFNO2/c16-12-5-6-15(13(17)9-12)20-8-7-19-14-4-2-1-3-11(14)10-18/h1-6,9H,7-8H2. The van der Waals surface area contributed by atoms with E-state index in [2.05, 4.69) is 15.9 Å². The van der Waals surface area contributed by atoms with Crippen LogP contribution in [0.4, 0.5) is 4.39 Å². The fourth-order valence-corrected chi connectivity index (χ4v) is 1.91. The first-order valence-electron chi connectivity index (χ1n) is 5.90. The molecule has 102 valence electrons. The monoisotopic (exact) mass is 335 g/mol. The smallest absolute Gasteiger partial charge is 0.166 e. The van der Waals surface area contributed by atoms with E-state index >= 15 is 0 Å². The van der Waals surface area contributed by atoms with Gasteiger partial charge >= 0.3 is 0 Å². The molecule has 3 nitrogen and oxygen atoms in total. The molecule has 0 amide bonds. The number of hydrogen-bond acceptors (Lipinski definition) is 3. The minimum atomic E-state index is -0.434. The van der Waals surface area contributed by atoms with Crippen LogP contribution in [0.25, 0.3) is 0 Å². The lowest BCUT2D eigenvalue weighted by molar-refractivity contribution is 0.211. The van der Waals surface area contributed by atoms with Gasteiger partial charge in [0.15, 0.2) is 11.6 Å². The zero-order valence-corrected chi connectivity index (χ0v) is 12.1. The van der Waals surface area contributed by atoms with Gasteiger partial charge in [0, 0.05) is 4.47 Å².